The molecule has 0 aliphatic carbocycles. The third kappa shape index (κ3) is 6.35. The molecule has 11 heteroatoms. The number of halogens is 3. The van der Waals surface area contributed by atoms with Gasteiger partial charge in [0.2, 0.25) is 10.0 Å². The van der Waals surface area contributed by atoms with Crippen LogP contribution in [0.1, 0.15) is 24.2 Å². The minimum Gasteiger partial charge on any atom is -0.480 e. The minimum absolute atomic E-state index is 0.302. The van der Waals surface area contributed by atoms with Crippen LogP contribution in [0, 0.1) is 5.92 Å². The van der Waals surface area contributed by atoms with Crippen molar-refractivity contribution in [2.45, 2.75) is 31.0 Å². The Morgan fingerprint density at radius 1 is 1.24 bits per heavy atom. The normalized spacial score (nSPS) is 13.5. The van der Waals surface area contributed by atoms with Crippen molar-refractivity contribution in [1.29, 1.82) is 0 Å². The van der Waals surface area contributed by atoms with Gasteiger partial charge in [-0.15, -0.1) is 0 Å². The molecule has 1 rings (SSSR count). The number of amides is 1. The van der Waals surface area contributed by atoms with Gasteiger partial charge in [-0.2, -0.15) is 17.9 Å². The van der Waals surface area contributed by atoms with Gasteiger partial charge < -0.3 is 10.4 Å². The van der Waals surface area contributed by atoms with E-state index in [9.17, 15) is 31.2 Å². The average molecular weight is 382 g/mol. The first-order valence-electron chi connectivity index (χ1n) is 7.03. The van der Waals surface area contributed by atoms with E-state index in [1.807, 2.05) is 4.72 Å². The van der Waals surface area contributed by atoms with Gasteiger partial charge in [0, 0.05) is 5.56 Å². The predicted octanol–water partition coefficient (Wildman–Crippen LogP) is 1.37. The fraction of sp³-hybridized carbons (Fsp3) is 0.429. The average Bonchev–Trinajstić information content (AvgIpc) is 2.49. The summed E-state index contributed by atoms with van der Waals surface area (Å²) < 4.78 is 62.9. The Morgan fingerprint density at radius 2 is 1.84 bits per heavy atom. The number of nitrogens with one attached hydrogen (secondary N) is 2. The Labute approximate surface area is 142 Å². The Balaban J connectivity index is 3.03. The molecule has 1 atom stereocenters. The second kappa shape index (κ2) is 7.83. The number of carbonyl (C=O) groups is 2. The highest BCUT2D eigenvalue weighted by Crippen LogP contribution is 2.16. The standard InChI is InChI=1S/C14H17F3N2O5S/c1-8(2)11(13(21)22)19-25(23,24)10-5-3-4-9(6-10)12(20)18-7-14(15,16)17/h3-6,8,11,19H,7H2,1-2H3,(H,18,20)(H,21,22)/t11-/m0/s1. The predicted molar refractivity (Wildman–Crippen MR) is 81.4 cm³/mol. The molecule has 0 bridgehead atoms. The van der Waals surface area contributed by atoms with Gasteiger partial charge in [0.25, 0.3) is 5.91 Å². The summed E-state index contributed by atoms with van der Waals surface area (Å²) in [7, 11) is -4.28. The lowest BCUT2D eigenvalue weighted by Gasteiger charge is -2.18. The molecule has 0 saturated heterocycles. The number of rotatable bonds is 7. The van der Waals surface area contributed by atoms with Crippen molar-refractivity contribution in [1.82, 2.24) is 10.0 Å². The monoisotopic (exact) mass is 382 g/mol. The molecule has 25 heavy (non-hydrogen) atoms. The molecule has 1 amide bonds. The first-order valence-corrected chi connectivity index (χ1v) is 8.52. The minimum atomic E-state index is -4.60. The number of sulfonamides is 1. The molecular formula is C14H17F3N2O5S. The van der Waals surface area contributed by atoms with E-state index in [1.165, 1.54) is 19.9 Å². The number of benzene rings is 1. The summed E-state index contributed by atoms with van der Waals surface area (Å²) in [5.41, 5.74) is -0.302. The maximum absolute atomic E-state index is 12.3. The Bertz CT molecular complexity index is 747. The molecule has 0 aromatic heterocycles. The number of hydrogen-bond donors (Lipinski definition) is 3. The number of aliphatic carboxylic acids is 1. The second-order valence-electron chi connectivity index (χ2n) is 5.51. The highest BCUT2D eigenvalue weighted by molar-refractivity contribution is 7.89. The van der Waals surface area contributed by atoms with Crippen LogP contribution in [0.25, 0.3) is 0 Å². The zero-order chi connectivity index (χ0) is 19.4. The van der Waals surface area contributed by atoms with E-state index >= 15 is 0 Å². The highest BCUT2D eigenvalue weighted by Gasteiger charge is 2.29. The SMILES string of the molecule is CC(C)[C@H](NS(=O)(=O)c1cccc(C(=O)NCC(F)(F)F)c1)C(=O)O. The van der Waals surface area contributed by atoms with Gasteiger partial charge in [0.05, 0.1) is 4.90 Å². The van der Waals surface area contributed by atoms with Gasteiger partial charge in [-0.05, 0) is 24.1 Å². The summed E-state index contributed by atoms with van der Waals surface area (Å²) in [5, 5.41) is 10.7. The van der Waals surface area contributed by atoms with E-state index in [4.69, 9.17) is 5.11 Å². The summed E-state index contributed by atoms with van der Waals surface area (Å²) >= 11 is 0. The Morgan fingerprint density at radius 3 is 2.32 bits per heavy atom. The number of carboxylic acid groups (broad SMARTS) is 1. The van der Waals surface area contributed by atoms with Crippen molar-refractivity contribution in [2.75, 3.05) is 6.54 Å². The van der Waals surface area contributed by atoms with Crippen molar-refractivity contribution in [3.8, 4) is 0 Å². The lowest BCUT2D eigenvalue weighted by Crippen LogP contribution is -2.44. The molecule has 0 radical (unpaired) electrons. The van der Waals surface area contributed by atoms with Gasteiger partial charge in [0.1, 0.15) is 12.6 Å². The third-order valence-electron chi connectivity index (χ3n) is 3.07. The van der Waals surface area contributed by atoms with Crippen LogP contribution in [0.2, 0.25) is 0 Å². The Kier molecular flexibility index (Phi) is 6.54. The van der Waals surface area contributed by atoms with Gasteiger partial charge >= 0.3 is 12.1 Å². The molecule has 3 N–H and O–H groups in total. The zero-order valence-electron chi connectivity index (χ0n) is 13.3. The zero-order valence-corrected chi connectivity index (χ0v) is 14.1. The van der Waals surface area contributed by atoms with Crippen LogP contribution in [-0.4, -0.2) is 44.2 Å². The lowest BCUT2D eigenvalue weighted by atomic mass is 10.1. The van der Waals surface area contributed by atoms with Gasteiger partial charge in [-0.1, -0.05) is 19.9 Å². The molecule has 0 heterocycles. The first kappa shape index (κ1) is 20.9. The molecule has 1 aromatic carbocycles. The van der Waals surface area contributed by atoms with Gasteiger partial charge in [0.15, 0.2) is 0 Å². The summed E-state index contributed by atoms with van der Waals surface area (Å²) in [4.78, 5) is 22.4. The third-order valence-corrected chi connectivity index (χ3v) is 4.51. The van der Waals surface area contributed by atoms with E-state index in [-0.39, 0.29) is 5.56 Å². The van der Waals surface area contributed by atoms with Crippen molar-refractivity contribution >= 4 is 21.9 Å². The summed E-state index contributed by atoms with van der Waals surface area (Å²) in [5.74, 6) is -3.03. The Hall–Kier alpha value is -2.14. The van der Waals surface area contributed by atoms with Crippen molar-refractivity contribution in [2.24, 2.45) is 5.92 Å². The van der Waals surface area contributed by atoms with E-state index in [0.29, 0.717) is 0 Å². The molecule has 0 spiro atoms. The van der Waals surface area contributed by atoms with Crippen molar-refractivity contribution in [3.63, 3.8) is 0 Å². The second-order valence-corrected chi connectivity index (χ2v) is 7.22. The van der Waals surface area contributed by atoms with E-state index in [0.717, 1.165) is 18.2 Å². The summed E-state index contributed by atoms with van der Waals surface area (Å²) in [6.07, 6.45) is -4.60. The van der Waals surface area contributed by atoms with Gasteiger partial charge in [-0.3, -0.25) is 9.59 Å². The quantitative estimate of drug-likeness (QED) is 0.659. The number of alkyl halides is 3. The lowest BCUT2D eigenvalue weighted by molar-refractivity contribution is -0.140. The van der Waals surface area contributed by atoms with Crippen molar-refractivity contribution in [3.05, 3.63) is 29.8 Å². The molecule has 140 valence electrons. The fourth-order valence-corrected chi connectivity index (χ4v) is 3.18. The van der Waals surface area contributed by atoms with Crippen molar-refractivity contribution < 1.29 is 36.3 Å². The maximum Gasteiger partial charge on any atom is 0.405 e. The molecule has 7 nitrogen and oxygen atoms in total. The smallest absolute Gasteiger partial charge is 0.405 e. The van der Waals surface area contributed by atoms with Gasteiger partial charge in [-0.25, -0.2) is 8.42 Å². The molecule has 0 aliphatic rings. The number of carboxylic acids is 1. The molecular weight excluding hydrogens is 365 g/mol. The molecule has 0 fully saturated rings. The van der Waals surface area contributed by atoms with Crippen LogP contribution < -0.4 is 10.0 Å². The largest absolute Gasteiger partial charge is 0.480 e. The van der Waals surface area contributed by atoms with Crippen LogP contribution in [0.5, 0.6) is 0 Å². The van der Waals surface area contributed by atoms with Crippen LogP contribution in [0.4, 0.5) is 13.2 Å². The maximum atomic E-state index is 12.3. The first-order chi connectivity index (χ1) is 11.3. The van der Waals surface area contributed by atoms with E-state index in [1.54, 1.807) is 5.32 Å². The van der Waals surface area contributed by atoms with Crippen LogP contribution in [0.3, 0.4) is 0 Å². The molecule has 0 aliphatic heterocycles. The highest BCUT2D eigenvalue weighted by atomic mass is 32.2. The van der Waals surface area contributed by atoms with E-state index in [2.05, 4.69) is 0 Å². The molecule has 0 unspecified atom stereocenters. The fourth-order valence-electron chi connectivity index (χ4n) is 1.79. The van der Waals surface area contributed by atoms with Crippen LogP contribution >= 0.6 is 0 Å². The van der Waals surface area contributed by atoms with Crippen LogP contribution in [-0.2, 0) is 14.8 Å². The molecule has 1 aromatic rings. The van der Waals surface area contributed by atoms with E-state index < -0.39 is 51.5 Å². The molecule has 0 saturated carbocycles. The summed E-state index contributed by atoms with van der Waals surface area (Å²) in [6, 6.07) is 2.88. The van der Waals surface area contributed by atoms with Crippen LogP contribution in [0.15, 0.2) is 29.2 Å². The number of carbonyl (C=O) groups excluding carboxylic acids is 1. The number of hydrogen-bond acceptors (Lipinski definition) is 4. The topological polar surface area (TPSA) is 113 Å². The summed E-state index contributed by atoms with van der Waals surface area (Å²) in [6.45, 7) is 1.44.